The maximum Gasteiger partial charge on any atom is 0.150 e. The molecule has 4 aromatic carbocycles. The molecule has 0 N–H and O–H groups in total. The molecule has 0 atom stereocenters. The fourth-order valence-electron chi connectivity index (χ4n) is 3.61. The molecule has 0 aliphatic heterocycles. The second kappa shape index (κ2) is 5.24. The van der Waals surface area contributed by atoms with Crippen molar-refractivity contribution in [3.8, 4) is 16.9 Å². The standard InChI is InChI=1S/C23H16O/c1-2-8-17-15-18(14-13-16(17)7-1)24-23-21-11-5-3-9-19(21)20-10-4-6-12-22(20)23/h1-15,23H. The molecule has 1 aliphatic rings. The molecule has 0 spiro atoms. The van der Waals surface area contributed by atoms with E-state index in [1.54, 1.807) is 0 Å². The average molecular weight is 308 g/mol. The van der Waals surface area contributed by atoms with E-state index in [9.17, 15) is 0 Å². The van der Waals surface area contributed by atoms with E-state index in [0.29, 0.717) is 0 Å². The van der Waals surface area contributed by atoms with E-state index in [-0.39, 0.29) is 6.10 Å². The Kier molecular flexibility index (Phi) is 2.92. The van der Waals surface area contributed by atoms with Gasteiger partial charge in [-0.2, -0.15) is 0 Å². The van der Waals surface area contributed by atoms with Crippen molar-refractivity contribution in [1.29, 1.82) is 0 Å². The molecule has 114 valence electrons. The third-order valence-corrected chi connectivity index (χ3v) is 4.75. The summed E-state index contributed by atoms with van der Waals surface area (Å²) in [6, 6.07) is 31.7. The highest BCUT2D eigenvalue weighted by molar-refractivity contribution is 5.84. The van der Waals surface area contributed by atoms with Gasteiger partial charge in [0.25, 0.3) is 0 Å². The highest BCUT2D eigenvalue weighted by atomic mass is 16.5. The normalized spacial score (nSPS) is 12.8. The Morgan fingerprint density at radius 3 is 1.83 bits per heavy atom. The molecule has 1 heteroatoms. The first-order valence-electron chi connectivity index (χ1n) is 8.24. The van der Waals surface area contributed by atoms with Gasteiger partial charge >= 0.3 is 0 Å². The van der Waals surface area contributed by atoms with Crippen LogP contribution in [0.25, 0.3) is 21.9 Å². The number of ether oxygens (including phenoxy) is 1. The van der Waals surface area contributed by atoms with Gasteiger partial charge in [-0.05, 0) is 34.0 Å². The summed E-state index contributed by atoms with van der Waals surface area (Å²) in [6.45, 7) is 0. The number of fused-ring (bicyclic) bond motifs is 4. The Morgan fingerprint density at radius 2 is 1.12 bits per heavy atom. The van der Waals surface area contributed by atoms with Crippen molar-refractivity contribution in [2.24, 2.45) is 0 Å². The molecule has 0 radical (unpaired) electrons. The minimum absolute atomic E-state index is 0.0430. The van der Waals surface area contributed by atoms with E-state index in [0.717, 1.165) is 5.75 Å². The second-order valence-electron chi connectivity index (χ2n) is 6.18. The molecule has 0 saturated carbocycles. The van der Waals surface area contributed by atoms with Gasteiger partial charge in [0.15, 0.2) is 6.10 Å². The topological polar surface area (TPSA) is 9.23 Å². The molecular weight excluding hydrogens is 292 g/mol. The van der Waals surface area contributed by atoms with E-state index in [4.69, 9.17) is 4.74 Å². The molecule has 4 aromatic rings. The first-order valence-corrected chi connectivity index (χ1v) is 8.24. The maximum absolute atomic E-state index is 6.44. The second-order valence-corrected chi connectivity index (χ2v) is 6.18. The van der Waals surface area contributed by atoms with Crippen LogP contribution in [-0.4, -0.2) is 0 Å². The molecule has 5 rings (SSSR count). The summed E-state index contributed by atoms with van der Waals surface area (Å²) < 4.78 is 6.44. The van der Waals surface area contributed by atoms with Gasteiger partial charge in [-0.15, -0.1) is 0 Å². The van der Waals surface area contributed by atoms with Gasteiger partial charge in [-0.25, -0.2) is 0 Å². The van der Waals surface area contributed by atoms with Gasteiger partial charge < -0.3 is 4.74 Å². The van der Waals surface area contributed by atoms with Crippen LogP contribution >= 0.6 is 0 Å². The highest BCUT2D eigenvalue weighted by Crippen LogP contribution is 2.45. The fourth-order valence-corrected chi connectivity index (χ4v) is 3.61. The summed E-state index contributed by atoms with van der Waals surface area (Å²) >= 11 is 0. The van der Waals surface area contributed by atoms with E-state index >= 15 is 0 Å². The van der Waals surface area contributed by atoms with E-state index in [2.05, 4.69) is 91.0 Å². The number of benzene rings is 4. The molecule has 0 fully saturated rings. The van der Waals surface area contributed by atoms with E-state index < -0.39 is 0 Å². The van der Waals surface area contributed by atoms with E-state index in [1.807, 2.05) is 0 Å². The maximum atomic E-state index is 6.44. The molecule has 0 unspecified atom stereocenters. The lowest BCUT2D eigenvalue weighted by Gasteiger charge is -2.17. The smallest absolute Gasteiger partial charge is 0.150 e. The van der Waals surface area contributed by atoms with E-state index in [1.165, 1.54) is 33.0 Å². The van der Waals surface area contributed by atoms with Gasteiger partial charge in [-0.3, -0.25) is 0 Å². The third-order valence-electron chi connectivity index (χ3n) is 4.75. The van der Waals surface area contributed by atoms with Crippen molar-refractivity contribution in [2.75, 3.05) is 0 Å². The Bertz CT molecular complexity index is 1000. The van der Waals surface area contributed by atoms with Crippen molar-refractivity contribution in [3.63, 3.8) is 0 Å². The summed E-state index contributed by atoms with van der Waals surface area (Å²) in [5.74, 6) is 0.908. The predicted molar refractivity (Wildman–Crippen MR) is 98.3 cm³/mol. The van der Waals surface area contributed by atoms with Gasteiger partial charge in [0.2, 0.25) is 0 Å². The minimum atomic E-state index is -0.0430. The molecule has 1 nitrogen and oxygen atoms in total. The van der Waals surface area contributed by atoms with Gasteiger partial charge in [-0.1, -0.05) is 78.9 Å². The molecule has 0 amide bonds. The predicted octanol–water partition coefficient (Wildman–Crippen LogP) is 5.99. The molecule has 0 aromatic heterocycles. The van der Waals surface area contributed by atoms with Crippen LogP contribution < -0.4 is 4.74 Å². The zero-order chi connectivity index (χ0) is 15.9. The zero-order valence-corrected chi connectivity index (χ0v) is 13.1. The summed E-state index contributed by atoms with van der Waals surface area (Å²) in [4.78, 5) is 0. The van der Waals surface area contributed by atoms with Crippen LogP contribution in [0.3, 0.4) is 0 Å². The first-order chi connectivity index (χ1) is 11.9. The molecular formula is C23H16O. The first kappa shape index (κ1) is 13.4. The average Bonchev–Trinajstić information content (AvgIpc) is 2.96. The zero-order valence-electron chi connectivity index (χ0n) is 13.1. The lowest BCUT2D eigenvalue weighted by molar-refractivity contribution is 0.252. The van der Waals surface area contributed by atoms with Crippen LogP contribution in [0, 0.1) is 0 Å². The number of rotatable bonds is 2. The van der Waals surface area contributed by atoms with Crippen molar-refractivity contribution in [1.82, 2.24) is 0 Å². The third kappa shape index (κ3) is 2.02. The Morgan fingerprint density at radius 1 is 0.542 bits per heavy atom. The summed E-state index contributed by atoms with van der Waals surface area (Å²) in [6.07, 6.45) is -0.0430. The Hall–Kier alpha value is -3.06. The molecule has 0 bridgehead atoms. The van der Waals surface area contributed by atoms with Crippen LogP contribution in [0.1, 0.15) is 17.2 Å². The molecule has 24 heavy (non-hydrogen) atoms. The van der Waals surface area contributed by atoms with Crippen LogP contribution in [-0.2, 0) is 0 Å². The summed E-state index contributed by atoms with van der Waals surface area (Å²) in [5, 5.41) is 2.44. The largest absolute Gasteiger partial charge is 0.481 e. The van der Waals surface area contributed by atoms with Gasteiger partial charge in [0, 0.05) is 11.1 Å². The van der Waals surface area contributed by atoms with Crippen molar-refractivity contribution < 1.29 is 4.74 Å². The van der Waals surface area contributed by atoms with Crippen LogP contribution in [0.5, 0.6) is 5.75 Å². The quantitative estimate of drug-likeness (QED) is 0.442. The van der Waals surface area contributed by atoms with Gasteiger partial charge in [0.05, 0.1) is 0 Å². The minimum Gasteiger partial charge on any atom is -0.481 e. The monoisotopic (exact) mass is 308 g/mol. The van der Waals surface area contributed by atoms with Crippen LogP contribution in [0.2, 0.25) is 0 Å². The summed E-state index contributed by atoms with van der Waals surface area (Å²) in [5.41, 5.74) is 5.04. The van der Waals surface area contributed by atoms with Crippen LogP contribution in [0.15, 0.2) is 91.0 Å². The SMILES string of the molecule is c1ccc2c(c1)-c1ccccc1C2Oc1ccc2ccccc2c1. The fraction of sp³-hybridized carbons (Fsp3) is 0.0435. The van der Waals surface area contributed by atoms with Crippen molar-refractivity contribution in [2.45, 2.75) is 6.10 Å². The van der Waals surface area contributed by atoms with Crippen molar-refractivity contribution >= 4 is 10.8 Å². The molecule has 0 heterocycles. The molecule has 1 aliphatic carbocycles. The highest BCUT2D eigenvalue weighted by Gasteiger charge is 2.29. The van der Waals surface area contributed by atoms with Gasteiger partial charge in [0.1, 0.15) is 5.75 Å². The number of hydrogen-bond acceptors (Lipinski definition) is 1. The summed E-state index contributed by atoms with van der Waals surface area (Å²) in [7, 11) is 0. The lowest BCUT2D eigenvalue weighted by Crippen LogP contribution is -2.05. The number of hydrogen-bond donors (Lipinski definition) is 0. The van der Waals surface area contributed by atoms with Crippen molar-refractivity contribution in [3.05, 3.63) is 102 Å². The molecule has 0 saturated heterocycles. The van der Waals surface area contributed by atoms with Crippen LogP contribution in [0.4, 0.5) is 0 Å². The Balaban J connectivity index is 1.61. The Labute approximate surface area is 141 Å². The lowest BCUT2D eigenvalue weighted by atomic mass is 10.1.